The highest BCUT2D eigenvalue weighted by atomic mass is 32.2. The van der Waals surface area contributed by atoms with E-state index in [1.165, 1.54) is 24.3 Å². The molecular weight excluding hydrogens is 354 g/mol. The summed E-state index contributed by atoms with van der Waals surface area (Å²) in [6, 6.07) is 8.32. The summed E-state index contributed by atoms with van der Waals surface area (Å²) in [7, 11) is -3.19. The number of benzene rings is 2. The van der Waals surface area contributed by atoms with Gasteiger partial charge in [0, 0.05) is 11.8 Å². The highest BCUT2D eigenvalue weighted by Crippen LogP contribution is 2.11. The van der Waals surface area contributed by atoms with Crippen LogP contribution in [0.2, 0.25) is 0 Å². The molecule has 0 amide bonds. The van der Waals surface area contributed by atoms with Crippen LogP contribution < -0.4 is 0 Å². The molecule has 0 bridgehead atoms. The zero-order chi connectivity index (χ0) is 18.6. The molecule has 0 aliphatic carbocycles. The average molecular weight is 368 g/mol. The number of Topliss-reactive ketones (excluding diaryl/α,β-unsaturated/α-hetero) is 1. The van der Waals surface area contributed by atoms with E-state index < -0.39 is 39.8 Å². The largest absolute Gasteiger partial charge is 0.454 e. The number of carbonyl (C=O) groups excluding carboxylic acids is 2. The molecule has 132 valence electrons. The van der Waals surface area contributed by atoms with Gasteiger partial charge in [0.1, 0.15) is 0 Å². The van der Waals surface area contributed by atoms with Gasteiger partial charge in [0.25, 0.3) is 0 Å². The van der Waals surface area contributed by atoms with Gasteiger partial charge in [-0.25, -0.2) is 22.0 Å². The number of hydrogen-bond acceptors (Lipinski definition) is 5. The van der Waals surface area contributed by atoms with E-state index in [-0.39, 0.29) is 16.9 Å². The molecule has 0 spiro atoms. The van der Waals surface area contributed by atoms with Crippen molar-refractivity contribution >= 4 is 21.6 Å². The van der Waals surface area contributed by atoms with Crippen molar-refractivity contribution in [2.75, 3.05) is 12.9 Å². The molecule has 0 heterocycles. The Bertz CT molecular complexity index is 905. The van der Waals surface area contributed by atoms with E-state index >= 15 is 0 Å². The predicted molar refractivity (Wildman–Crippen MR) is 86.0 cm³/mol. The van der Waals surface area contributed by atoms with E-state index in [9.17, 15) is 26.8 Å². The molecule has 25 heavy (non-hydrogen) atoms. The van der Waals surface area contributed by atoms with Crippen molar-refractivity contribution in [3.63, 3.8) is 0 Å². The Hall–Kier alpha value is -2.61. The van der Waals surface area contributed by atoms with Crippen LogP contribution in [0.3, 0.4) is 0 Å². The molecule has 0 aromatic heterocycles. The molecule has 2 aromatic carbocycles. The van der Waals surface area contributed by atoms with E-state index in [4.69, 9.17) is 4.74 Å². The van der Waals surface area contributed by atoms with E-state index in [0.29, 0.717) is 5.56 Å². The molecule has 5 nitrogen and oxygen atoms in total. The van der Waals surface area contributed by atoms with Crippen LogP contribution in [0.15, 0.2) is 42.5 Å². The number of rotatable bonds is 6. The molecule has 0 saturated heterocycles. The number of sulfone groups is 1. The minimum absolute atomic E-state index is 0.116. The second-order valence-corrected chi connectivity index (χ2v) is 7.54. The summed E-state index contributed by atoms with van der Waals surface area (Å²) in [4.78, 5) is 23.7. The second kappa shape index (κ2) is 7.52. The molecule has 2 rings (SSSR count). The lowest BCUT2D eigenvalue weighted by atomic mass is 10.1. The standard InChI is InChI=1S/C17H14F2O5S/c1-25(22,23)10-11-2-4-12(5-3-11)17(21)24-9-16(20)13-6-7-14(18)15(19)8-13/h2-8H,9-10H2,1H3. The highest BCUT2D eigenvalue weighted by Gasteiger charge is 2.14. The molecule has 0 aliphatic rings. The Balaban J connectivity index is 1.97. The lowest BCUT2D eigenvalue weighted by Crippen LogP contribution is -2.14. The van der Waals surface area contributed by atoms with Crippen molar-refractivity contribution in [2.45, 2.75) is 5.75 Å². The Morgan fingerprint density at radius 2 is 1.56 bits per heavy atom. The summed E-state index contributed by atoms with van der Waals surface area (Å²) >= 11 is 0. The van der Waals surface area contributed by atoms with Gasteiger partial charge in [0.05, 0.1) is 11.3 Å². The maximum atomic E-state index is 13.1. The van der Waals surface area contributed by atoms with Gasteiger partial charge < -0.3 is 4.74 Å². The van der Waals surface area contributed by atoms with Gasteiger partial charge in [0.2, 0.25) is 0 Å². The number of carbonyl (C=O) groups is 2. The first kappa shape index (κ1) is 18.7. The molecule has 8 heteroatoms. The van der Waals surface area contributed by atoms with Gasteiger partial charge in [-0.1, -0.05) is 12.1 Å². The van der Waals surface area contributed by atoms with Crippen LogP contribution in [0.5, 0.6) is 0 Å². The summed E-state index contributed by atoms with van der Waals surface area (Å²) in [6.07, 6.45) is 1.10. The predicted octanol–water partition coefficient (Wildman–Crippen LogP) is 2.55. The SMILES string of the molecule is CS(=O)(=O)Cc1ccc(C(=O)OCC(=O)c2ccc(F)c(F)c2)cc1. The number of esters is 1. The Kier molecular flexibility index (Phi) is 5.63. The minimum atomic E-state index is -3.19. The van der Waals surface area contributed by atoms with Gasteiger partial charge in [0.15, 0.2) is 33.9 Å². The first-order valence-corrected chi connectivity index (χ1v) is 9.14. The molecule has 0 radical (unpaired) electrons. The number of ketones is 1. The van der Waals surface area contributed by atoms with Crippen LogP contribution in [-0.2, 0) is 20.3 Å². The van der Waals surface area contributed by atoms with Crippen LogP contribution in [0.1, 0.15) is 26.3 Å². The fourth-order valence-corrected chi connectivity index (χ4v) is 2.81. The fourth-order valence-electron chi connectivity index (χ4n) is 2.01. The van der Waals surface area contributed by atoms with Crippen molar-refractivity contribution < 1.29 is 31.5 Å². The molecule has 0 aliphatic heterocycles. The fraction of sp³-hybridized carbons (Fsp3) is 0.176. The van der Waals surface area contributed by atoms with Crippen molar-refractivity contribution in [2.24, 2.45) is 0 Å². The van der Waals surface area contributed by atoms with E-state index in [0.717, 1.165) is 24.5 Å². The maximum Gasteiger partial charge on any atom is 0.338 e. The second-order valence-electron chi connectivity index (χ2n) is 5.40. The van der Waals surface area contributed by atoms with Crippen LogP contribution >= 0.6 is 0 Å². The van der Waals surface area contributed by atoms with Gasteiger partial charge >= 0.3 is 5.97 Å². The molecule has 2 aromatic rings. The molecule has 0 unspecified atom stereocenters. The summed E-state index contributed by atoms with van der Waals surface area (Å²) in [5.74, 6) is -3.87. The number of ether oxygens (including phenoxy) is 1. The van der Waals surface area contributed by atoms with Crippen molar-refractivity contribution in [3.05, 3.63) is 70.8 Å². The average Bonchev–Trinajstić information content (AvgIpc) is 2.54. The first-order valence-electron chi connectivity index (χ1n) is 7.08. The van der Waals surface area contributed by atoms with Gasteiger partial charge in [-0.3, -0.25) is 4.79 Å². The number of halogens is 2. The van der Waals surface area contributed by atoms with Crippen LogP contribution in [-0.4, -0.2) is 33.0 Å². The van der Waals surface area contributed by atoms with Crippen molar-refractivity contribution in [3.8, 4) is 0 Å². The van der Waals surface area contributed by atoms with E-state index in [1.807, 2.05) is 0 Å². The van der Waals surface area contributed by atoms with Crippen molar-refractivity contribution in [1.29, 1.82) is 0 Å². The van der Waals surface area contributed by atoms with Gasteiger partial charge in [-0.2, -0.15) is 0 Å². The van der Waals surface area contributed by atoms with Crippen LogP contribution in [0.25, 0.3) is 0 Å². The van der Waals surface area contributed by atoms with Crippen LogP contribution in [0, 0.1) is 11.6 Å². The Morgan fingerprint density at radius 1 is 0.960 bits per heavy atom. The van der Waals surface area contributed by atoms with Gasteiger partial charge in [-0.15, -0.1) is 0 Å². The van der Waals surface area contributed by atoms with Crippen molar-refractivity contribution in [1.82, 2.24) is 0 Å². The number of hydrogen-bond donors (Lipinski definition) is 0. The van der Waals surface area contributed by atoms with E-state index in [1.54, 1.807) is 0 Å². The third-order valence-corrected chi connectivity index (χ3v) is 4.05. The first-order chi connectivity index (χ1) is 11.7. The lowest BCUT2D eigenvalue weighted by molar-refractivity contribution is 0.0474. The smallest absolute Gasteiger partial charge is 0.338 e. The Morgan fingerprint density at radius 3 is 2.12 bits per heavy atom. The van der Waals surface area contributed by atoms with Gasteiger partial charge in [-0.05, 0) is 35.9 Å². The zero-order valence-electron chi connectivity index (χ0n) is 13.2. The molecule has 0 saturated carbocycles. The maximum absolute atomic E-state index is 13.1. The third kappa shape index (κ3) is 5.46. The monoisotopic (exact) mass is 368 g/mol. The summed E-state index contributed by atoms with van der Waals surface area (Å²) in [6.45, 7) is -0.630. The minimum Gasteiger partial charge on any atom is -0.454 e. The summed E-state index contributed by atoms with van der Waals surface area (Å²) in [5, 5.41) is 0. The molecular formula is C17H14F2O5S. The highest BCUT2D eigenvalue weighted by molar-refractivity contribution is 7.89. The summed E-state index contributed by atoms with van der Waals surface area (Å²) in [5.41, 5.74) is 0.530. The zero-order valence-corrected chi connectivity index (χ0v) is 14.0. The topological polar surface area (TPSA) is 77.5 Å². The lowest BCUT2D eigenvalue weighted by Gasteiger charge is -2.06. The van der Waals surface area contributed by atoms with Crippen LogP contribution in [0.4, 0.5) is 8.78 Å². The molecule has 0 fully saturated rings. The van der Waals surface area contributed by atoms with E-state index in [2.05, 4.69) is 0 Å². The normalized spacial score (nSPS) is 11.2. The summed E-state index contributed by atoms with van der Waals surface area (Å²) < 4.78 is 53.1. The third-order valence-electron chi connectivity index (χ3n) is 3.19. The molecule has 0 atom stereocenters. The quantitative estimate of drug-likeness (QED) is 0.578. The Labute approximate surface area is 143 Å². The molecule has 0 N–H and O–H groups in total.